The first-order valence-corrected chi connectivity index (χ1v) is 11.8. The highest BCUT2D eigenvalue weighted by molar-refractivity contribution is 6.33. The van der Waals surface area contributed by atoms with Crippen molar-refractivity contribution >= 4 is 29.1 Å². The molecule has 2 atom stereocenters. The number of piperidine rings is 1. The first-order valence-electron chi connectivity index (χ1n) is 11.4. The molecule has 1 unspecified atom stereocenters. The molecule has 8 heteroatoms. The normalized spacial score (nSPS) is 22.8. The highest BCUT2D eigenvalue weighted by atomic mass is 35.5. The number of hydrogen-bond donors (Lipinski definition) is 3. The molecule has 2 fully saturated rings. The second-order valence-electron chi connectivity index (χ2n) is 9.34. The van der Waals surface area contributed by atoms with Crippen molar-refractivity contribution < 1.29 is 9.53 Å². The number of nitrogens with one attached hydrogen (secondary N) is 3. The Morgan fingerprint density at radius 1 is 1.31 bits per heavy atom. The number of carbonyl (C=O) groups excluding carboxylic acids is 1. The first kappa shape index (κ1) is 23.0. The van der Waals surface area contributed by atoms with E-state index in [4.69, 9.17) is 21.3 Å². The molecule has 0 spiro atoms. The molecule has 0 aromatic carbocycles. The number of ether oxygens (including phenoxy) is 1. The van der Waals surface area contributed by atoms with Crippen LogP contribution in [0.25, 0.3) is 11.3 Å². The molecule has 2 aliphatic rings. The average Bonchev–Trinajstić information content (AvgIpc) is 2.79. The molecule has 2 aromatic rings. The molecular weight excluding hydrogens is 426 g/mol. The smallest absolute Gasteiger partial charge is 0.229 e. The number of rotatable bonds is 6. The Hall–Kier alpha value is -2.22. The predicted molar refractivity (Wildman–Crippen MR) is 128 cm³/mol. The SMILES string of the molecule is CC1(C)C[C@H](CNc2cccc(-c3cc(NC(=O)C4CCCNC4)ncc3Cl)n2)CCO1. The summed E-state index contributed by atoms with van der Waals surface area (Å²) >= 11 is 6.44. The summed E-state index contributed by atoms with van der Waals surface area (Å²) < 4.78 is 5.82. The molecule has 4 heterocycles. The minimum absolute atomic E-state index is 0.0132. The van der Waals surface area contributed by atoms with Crippen LogP contribution in [0, 0.1) is 11.8 Å². The van der Waals surface area contributed by atoms with Gasteiger partial charge in [-0.2, -0.15) is 0 Å². The van der Waals surface area contributed by atoms with Crippen molar-refractivity contribution in [2.24, 2.45) is 11.8 Å². The Balaban J connectivity index is 1.43. The number of halogens is 1. The number of carbonyl (C=O) groups is 1. The van der Waals surface area contributed by atoms with E-state index in [-0.39, 0.29) is 17.4 Å². The molecule has 3 N–H and O–H groups in total. The van der Waals surface area contributed by atoms with E-state index in [9.17, 15) is 4.79 Å². The fourth-order valence-corrected chi connectivity index (χ4v) is 4.67. The monoisotopic (exact) mass is 457 g/mol. The van der Waals surface area contributed by atoms with E-state index in [0.717, 1.165) is 62.5 Å². The molecule has 172 valence electrons. The van der Waals surface area contributed by atoms with Crippen molar-refractivity contribution in [1.29, 1.82) is 0 Å². The summed E-state index contributed by atoms with van der Waals surface area (Å²) in [5.74, 6) is 1.79. The van der Waals surface area contributed by atoms with Crippen molar-refractivity contribution in [3.05, 3.63) is 35.5 Å². The summed E-state index contributed by atoms with van der Waals surface area (Å²) in [6.45, 7) is 7.60. The fraction of sp³-hybridized carbons (Fsp3) is 0.542. The zero-order chi connectivity index (χ0) is 22.6. The van der Waals surface area contributed by atoms with Crippen LogP contribution in [0.1, 0.15) is 39.5 Å². The summed E-state index contributed by atoms with van der Waals surface area (Å²) in [7, 11) is 0. The molecule has 0 bridgehead atoms. The fourth-order valence-electron chi connectivity index (χ4n) is 4.47. The average molecular weight is 458 g/mol. The summed E-state index contributed by atoms with van der Waals surface area (Å²) in [6, 6.07) is 7.63. The van der Waals surface area contributed by atoms with Gasteiger partial charge in [0.05, 0.1) is 22.2 Å². The van der Waals surface area contributed by atoms with Gasteiger partial charge in [-0.05, 0) is 70.2 Å². The minimum atomic E-state index is -0.0705. The first-order chi connectivity index (χ1) is 15.4. The van der Waals surface area contributed by atoms with Crippen molar-refractivity contribution in [2.75, 3.05) is 36.9 Å². The van der Waals surface area contributed by atoms with Crippen molar-refractivity contribution in [3.8, 4) is 11.3 Å². The Morgan fingerprint density at radius 3 is 2.97 bits per heavy atom. The number of aromatic nitrogens is 2. The zero-order valence-corrected chi connectivity index (χ0v) is 19.5. The van der Waals surface area contributed by atoms with E-state index < -0.39 is 0 Å². The molecule has 1 amide bonds. The van der Waals surface area contributed by atoms with Crippen LogP contribution in [0.2, 0.25) is 5.02 Å². The maximum atomic E-state index is 12.6. The summed E-state index contributed by atoms with van der Waals surface area (Å²) in [5.41, 5.74) is 1.41. The Labute approximate surface area is 194 Å². The van der Waals surface area contributed by atoms with E-state index in [2.05, 4.69) is 34.8 Å². The van der Waals surface area contributed by atoms with Crippen LogP contribution in [0.5, 0.6) is 0 Å². The van der Waals surface area contributed by atoms with Crippen molar-refractivity contribution in [3.63, 3.8) is 0 Å². The highest BCUT2D eigenvalue weighted by Crippen LogP contribution is 2.30. The Bertz CT molecular complexity index is 946. The third-order valence-electron chi connectivity index (χ3n) is 6.17. The number of anilines is 2. The van der Waals surface area contributed by atoms with Crippen molar-refractivity contribution in [2.45, 2.75) is 45.1 Å². The van der Waals surface area contributed by atoms with Crippen LogP contribution in [0.15, 0.2) is 30.5 Å². The highest BCUT2D eigenvalue weighted by Gasteiger charge is 2.28. The van der Waals surface area contributed by atoms with Gasteiger partial charge < -0.3 is 20.7 Å². The zero-order valence-electron chi connectivity index (χ0n) is 18.8. The van der Waals surface area contributed by atoms with Crippen LogP contribution in [-0.2, 0) is 9.53 Å². The van der Waals surface area contributed by atoms with E-state index >= 15 is 0 Å². The lowest BCUT2D eigenvalue weighted by molar-refractivity contribution is -0.120. The summed E-state index contributed by atoms with van der Waals surface area (Å²) in [6.07, 6.45) is 5.53. The molecule has 32 heavy (non-hydrogen) atoms. The van der Waals surface area contributed by atoms with E-state index in [1.165, 1.54) is 0 Å². The Kier molecular flexibility index (Phi) is 7.28. The van der Waals surface area contributed by atoms with Crippen molar-refractivity contribution in [1.82, 2.24) is 15.3 Å². The molecular formula is C24H32ClN5O2. The van der Waals surface area contributed by atoms with Gasteiger partial charge in [0.1, 0.15) is 11.6 Å². The van der Waals surface area contributed by atoms with E-state index in [1.54, 1.807) is 12.3 Å². The topological polar surface area (TPSA) is 88.2 Å². The predicted octanol–water partition coefficient (Wildman–Crippen LogP) is 4.35. The van der Waals surface area contributed by atoms with E-state index in [1.807, 2.05) is 18.2 Å². The lowest BCUT2D eigenvalue weighted by Gasteiger charge is -2.35. The van der Waals surface area contributed by atoms with Gasteiger partial charge in [-0.15, -0.1) is 0 Å². The molecule has 2 aromatic heterocycles. The molecule has 0 aliphatic carbocycles. The number of hydrogen-bond acceptors (Lipinski definition) is 6. The molecule has 7 nitrogen and oxygen atoms in total. The quantitative estimate of drug-likeness (QED) is 0.597. The van der Waals surface area contributed by atoms with Gasteiger partial charge in [0.15, 0.2) is 0 Å². The number of pyridine rings is 2. The lowest BCUT2D eigenvalue weighted by atomic mass is 9.88. The molecule has 4 rings (SSSR count). The van der Waals surface area contributed by atoms with Gasteiger partial charge in [0.2, 0.25) is 5.91 Å². The van der Waals surface area contributed by atoms with Crippen LogP contribution in [0.4, 0.5) is 11.6 Å². The minimum Gasteiger partial charge on any atom is -0.376 e. The Morgan fingerprint density at radius 2 is 2.19 bits per heavy atom. The standard InChI is InChI=1S/C24H32ClN5O2/c1-24(2)12-16(8-10-32-24)13-27-21-7-3-6-20(29-21)18-11-22(28-15-19(18)25)30-23(31)17-5-4-9-26-14-17/h3,6-7,11,15-17,26H,4-5,8-10,12-14H2,1-2H3,(H,27,29)(H,28,30,31)/t16-,17?/m1/s1. The van der Waals surface area contributed by atoms with E-state index in [0.29, 0.717) is 23.3 Å². The van der Waals surface area contributed by atoms with Gasteiger partial charge in [0.25, 0.3) is 0 Å². The second kappa shape index (κ2) is 10.1. The van der Waals surface area contributed by atoms with Crippen LogP contribution >= 0.6 is 11.6 Å². The largest absolute Gasteiger partial charge is 0.376 e. The second-order valence-corrected chi connectivity index (χ2v) is 9.75. The third-order valence-corrected chi connectivity index (χ3v) is 6.47. The van der Waals surface area contributed by atoms with Gasteiger partial charge in [-0.1, -0.05) is 17.7 Å². The molecule has 2 saturated heterocycles. The van der Waals surface area contributed by atoms with Crippen LogP contribution in [-0.4, -0.2) is 47.7 Å². The van der Waals surface area contributed by atoms with Crippen LogP contribution in [0.3, 0.4) is 0 Å². The lowest BCUT2D eigenvalue weighted by Crippen LogP contribution is -2.37. The summed E-state index contributed by atoms with van der Waals surface area (Å²) in [4.78, 5) is 21.6. The van der Waals surface area contributed by atoms with Gasteiger partial charge in [-0.3, -0.25) is 4.79 Å². The third kappa shape index (κ3) is 5.97. The van der Waals surface area contributed by atoms with Gasteiger partial charge >= 0.3 is 0 Å². The molecule has 2 aliphatic heterocycles. The van der Waals surface area contributed by atoms with Crippen LogP contribution < -0.4 is 16.0 Å². The van der Waals surface area contributed by atoms with Gasteiger partial charge in [-0.25, -0.2) is 9.97 Å². The summed E-state index contributed by atoms with van der Waals surface area (Å²) in [5, 5.41) is 10.2. The molecule has 0 saturated carbocycles. The molecule has 0 radical (unpaired) electrons. The maximum absolute atomic E-state index is 12.6. The number of nitrogens with zero attached hydrogens (tertiary/aromatic N) is 2. The number of amides is 1. The maximum Gasteiger partial charge on any atom is 0.229 e. The van der Waals surface area contributed by atoms with Gasteiger partial charge in [0, 0.05) is 31.5 Å².